The van der Waals surface area contributed by atoms with Gasteiger partial charge in [-0.25, -0.2) is 0 Å². The average molecular weight is 235 g/mol. The number of carbonyl (C=O) groups excluding carboxylic acids is 1. The molecule has 0 heterocycles. The standard InChI is InChI=1S/C13H21N3O/c1-3-5-10(4-2)16-12-7-6-9(13(15)17)8-11(12)14/h6-8,10,16H,3-5,14H2,1-2H3,(H2,15,17). The SMILES string of the molecule is CCCC(CC)Nc1ccc(C(N)=O)cc1N. The van der Waals surface area contributed by atoms with Gasteiger partial charge in [0.15, 0.2) is 0 Å². The summed E-state index contributed by atoms with van der Waals surface area (Å²) in [5.41, 5.74) is 13.0. The number of benzene rings is 1. The number of hydrogen-bond donors (Lipinski definition) is 3. The third kappa shape index (κ3) is 3.66. The summed E-state index contributed by atoms with van der Waals surface area (Å²) in [5, 5.41) is 3.39. The first kappa shape index (κ1) is 13.4. The Bertz CT molecular complexity index is 390. The molecule has 1 rings (SSSR count). The number of hydrogen-bond acceptors (Lipinski definition) is 3. The van der Waals surface area contributed by atoms with E-state index in [4.69, 9.17) is 11.5 Å². The molecular formula is C13H21N3O. The summed E-state index contributed by atoms with van der Waals surface area (Å²) < 4.78 is 0. The summed E-state index contributed by atoms with van der Waals surface area (Å²) in [4.78, 5) is 11.0. The van der Waals surface area contributed by atoms with Crippen LogP contribution in [0.25, 0.3) is 0 Å². The lowest BCUT2D eigenvalue weighted by molar-refractivity contribution is 0.100. The summed E-state index contributed by atoms with van der Waals surface area (Å²) in [6.07, 6.45) is 3.28. The largest absolute Gasteiger partial charge is 0.397 e. The van der Waals surface area contributed by atoms with Crippen LogP contribution in [-0.4, -0.2) is 11.9 Å². The Morgan fingerprint density at radius 2 is 2.12 bits per heavy atom. The van der Waals surface area contributed by atoms with Crippen LogP contribution in [0.5, 0.6) is 0 Å². The zero-order valence-corrected chi connectivity index (χ0v) is 10.5. The van der Waals surface area contributed by atoms with Gasteiger partial charge in [-0.15, -0.1) is 0 Å². The monoisotopic (exact) mass is 235 g/mol. The van der Waals surface area contributed by atoms with Crippen molar-refractivity contribution in [3.63, 3.8) is 0 Å². The third-order valence-electron chi connectivity index (χ3n) is 2.83. The first-order chi connectivity index (χ1) is 8.08. The van der Waals surface area contributed by atoms with Crippen LogP contribution < -0.4 is 16.8 Å². The second kappa shape index (κ2) is 6.13. The summed E-state index contributed by atoms with van der Waals surface area (Å²) in [7, 11) is 0. The number of carbonyl (C=O) groups is 1. The molecule has 1 aromatic carbocycles. The fourth-order valence-electron chi connectivity index (χ4n) is 1.79. The van der Waals surface area contributed by atoms with E-state index >= 15 is 0 Å². The number of rotatable bonds is 6. The predicted molar refractivity (Wildman–Crippen MR) is 72.0 cm³/mol. The molecule has 0 aliphatic heterocycles. The zero-order chi connectivity index (χ0) is 12.8. The van der Waals surface area contributed by atoms with Gasteiger partial charge in [0.25, 0.3) is 0 Å². The highest BCUT2D eigenvalue weighted by Crippen LogP contribution is 2.22. The minimum Gasteiger partial charge on any atom is -0.397 e. The highest BCUT2D eigenvalue weighted by molar-refractivity contribution is 5.94. The van der Waals surface area contributed by atoms with Crippen molar-refractivity contribution < 1.29 is 4.79 Å². The van der Waals surface area contributed by atoms with E-state index in [1.165, 1.54) is 0 Å². The van der Waals surface area contributed by atoms with E-state index in [1.54, 1.807) is 12.1 Å². The molecular weight excluding hydrogens is 214 g/mol. The van der Waals surface area contributed by atoms with Crippen molar-refractivity contribution in [3.8, 4) is 0 Å². The highest BCUT2D eigenvalue weighted by Gasteiger charge is 2.08. The van der Waals surface area contributed by atoms with Crippen molar-refractivity contribution >= 4 is 17.3 Å². The summed E-state index contributed by atoms with van der Waals surface area (Å²) in [5.74, 6) is -0.455. The number of amides is 1. The Labute approximate surface area is 102 Å². The van der Waals surface area contributed by atoms with Gasteiger partial charge in [-0.3, -0.25) is 4.79 Å². The molecule has 0 aliphatic rings. The van der Waals surface area contributed by atoms with Gasteiger partial charge in [-0.1, -0.05) is 20.3 Å². The summed E-state index contributed by atoms with van der Waals surface area (Å²) in [6.45, 7) is 4.30. The van der Waals surface area contributed by atoms with Crippen LogP contribution in [-0.2, 0) is 0 Å². The molecule has 0 radical (unpaired) electrons. The second-order valence-electron chi connectivity index (χ2n) is 4.20. The lowest BCUT2D eigenvalue weighted by Gasteiger charge is -2.19. The molecule has 0 bridgehead atoms. The summed E-state index contributed by atoms with van der Waals surface area (Å²) >= 11 is 0. The van der Waals surface area contributed by atoms with E-state index in [0.29, 0.717) is 17.3 Å². The molecule has 0 aromatic heterocycles. The fourth-order valence-corrected chi connectivity index (χ4v) is 1.79. The van der Waals surface area contributed by atoms with Crippen LogP contribution in [0.1, 0.15) is 43.5 Å². The molecule has 4 heteroatoms. The van der Waals surface area contributed by atoms with Crippen LogP contribution in [0, 0.1) is 0 Å². The van der Waals surface area contributed by atoms with Gasteiger partial charge < -0.3 is 16.8 Å². The molecule has 17 heavy (non-hydrogen) atoms. The molecule has 4 nitrogen and oxygen atoms in total. The molecule has 1 amide bonds. The van der Waals surface area contributed by atoms with E-state index in [-0.39, 0.29) is 0 Å². The number of nitrogen functional groups attached to an aromatic ring is 1. The van der Waals surface area contributed by atoms with Crippen molar-refractivity contribution in [2.24, 2.45) is 5.73 Å². The zero-order valence-electron chi connectivity index (χ0n) is 10.5. The maximum absolute atomic E-state index is 11.0. The van der Waals surface area contributed by atoms with Gasteiger partial charge in [0.05, 0.1) is 11.4 Å². The molecule has 5 N–H and O–H groups in total. The lowest BCUT2D eigenvalue weighted by Crippen LogP contribution is -2.19. The number of anilines is 2. The van der Waals surface area contributed by atoms with Crippen LogP contribution in [0.4, 0.5) is 11.4 Å². The topological polar surface area (TPSA) is 81.1 Å². The molecule has 94 valence electrons. The maximum atomic E-state index is 11.0. The molecule has 0 saturated heterocycles. The lowest BCUT2D eigenvalue weighted by atomic mass is 10.1. The Balaban J connectivity index is 2.81. The molecule has 0 fully saturated rings. The quantitative estimate of drug-likeness (QED) is 0.662. The van der Waals surface area contributed by atoms with Gasteiger partial charge >= 0.3 is 0 Å². The van der Waals surface area contributed by atoms with Gasteiger partial charge in [0.1, 0.15) is 0 Å². The highest BCUT2D eigenvalue weighted by atomic mass is 16.1. The molecule has 0 aliphatic carbocycles. The first-order valence-electron chi connectivity index (χ1n) is 6.04. The first-order valence-corrected chi connectivity index (χ1v) is 6.04. The molecule has 1 aromatic rings. The van der Waals surface area contributed by atoms with Gasteiger partial charge in [0.2, 0.25) is 5.91 Å². The van der Waals surface area contributed by atoms with Gasteiger partial charge in [-0.05, 0) is 31.0 Å². The normalized spacial score (nSPS) is 12.1. The van der Waals surface area contributed by atoms with E-state index in [2.05, 4.69) is 19.2 Å². The second-order valence-corrected chi connectivity index (χ2v) is 4.20. The van der Waals surface area contributed by atoms with Crippen molar-refractivity contribution in [2.75, 3.05) is 11.1 Å². The predicted octanol–water partition coefficient (Wildman–Crippen LogP) is 2.36. The van der Waals surface area contributed by atoms with Crippen LogP contribution in [0.2, 0.25) is 0 Å². The number of primary amides is 1. The average Bonchev–Trinajstić information content (AvgIpc) is 2.30. The Morgan fingerprint density at radius 1 is 1.41 bits per heavy atom. The molecule has 1 unspecified atom stereocenters. The van der Waals surface area contributed by atoms with E-state index in [1.807, 2.05) is 6.07 Å². The van der Waals surface area contributed by atoms with E-state index in [0.717, 1.165) is 24.9 Å². The molecule has 0 saturated carbocycles. The van der Waals surface area contributed by atoms with Gasteiger partial charge in [-0.2, -0.15) is 0 Å². The van der Waals surface area contributed by atoms with Crippen LogP contribution >= 0.6 is 0 Å². The van der Waals surface area contributed by atoms with Crippen molar-refractivity contribution in [1.29, 1.82) is 0 Å². The smallest absolute Gasteiger partial charge is 0.248 e. The Hall–Kier alpha value is -1.71. The minimum atomic E-state index is -0.455. The van der Waals surface area contributed by atoms with Crippen molar-refractivity contribution in [1.82, 2.24) is 0 Å². The van der Waals surface area contributed by atoms with Crippen LogP contribution in [0.15, 0.2) is 18.2 Å². The Morgan fingerprint density at radius 3 is 2.59 bits per heavy atom. The number of nitrogens with one attached hydrogen (secondary N) is 1. The van der Waals surface area contributed by atoms with Crippen molar-refractivity contribution in [2.45, 2.75) is 39.2 Å². The third-order valence-corrected chi connectivity index (χ3v) is 2.83. The fraction of sp³-hybridized carbons (Fsp3) is 0.462. The molecule has 0 spiro atoms. The maximum Gasteiger partial charge on any atom is 0.248 e. The van der Waals surface area contributed by atoms with Crippen molar-refractivity contribution in [3.05, 3.63) is 23.8 Å². The minimum absolute atomic E-state index is 0.418. The van der Waals surface area contributed by atoms with Crippen LogP contribution in [0.3, 0.4) is 0 Å². The summed E-state index contributed by atoms with van der Waals surface area (Å²) in [6, 6.07) is 5.54. The van der Waals surface area contributed by atoms with E-state index in [9.17, 15) is 4.79 Å². The van der Waals surface area contributed by atoms with E-state index < -0.39 is 5.91 Å². The number of nitrogens with two attached hydrogens (primary N) is 2. The molecule has 1 atom stereocenters. The van der Waals surface area contributed by atoms with Gasteiger partial charge in [0, 0.05) is 11.6 Å². The Kier molecular flexibility index (Phi) is 4.82.